The molecule has 3 N–H and O–H groups in total. The van der Waals surface area contributed by atoms with Gasteiger partial charge in [-0.2, -0.15) is 5.26 Å². The van der Waals surface area contributed by atoms with Crippen LogP contribution in [0.4, 0.5) is 5.00 Å². The van der Waals surface area contributed by atoms with Gasteiger partial charge in [0.25, 0.3) is 11.8 Å². The first-order chi connectivity index (χ1) is 15.4. The van der Waals surface area contributed by atoms with Gasteiger partial charge in [-0.25, -0.2) is 0 Å². The largest absolute Gasteiger partial charge is 0.457 e. The van der Waals surface area contributed by atoms with Crippen LogP contribution in [0.3, 0.4) is 0 Å². The molecule has 32 heavy (non-hydrogen) atoms. The van der Waals surface area contributed by atoms with Crippen LogP contribution in [0.15, 0.2) is 40.3 Å². The Kier molecular flexibility index (Phi) is 6.38. The van der Waals surface area contributed by atoms with Gasteiger partial charge in [0.05, 0.1) is 10.6 Å². The van der Waals surface area contributed by atoms with Crippen molar-refractivity contribution in [3.63, 3.8) is 0 Å². The Morgan fingerprint density at radius 1 is 1.19 bits per heavy atom. The molecular formula is C23H17Cl2N3O3S. The van der Waals surface area contributed by atoms with E-state index >= 15 is 0 Å². The van der Waals surface area contributed by atoms with Crippen molar-refractivity contribution in [2.75, 3.05) is 5.32 Å². The number of anilines is 1. The number of hydrogen-bond acceptors (Lipinski definition) is 5. The fourth-order valence-corrected chi connectivity index (χ4v) is 5.31. The topological polar surface area (TPSA) is 109 Å². The van der Waals surface area contributed by atoms with Crippen LogP contribution in [-0.2, 0) is 17.6 Å². The maximum absolute atomic E-state index is 12.8. The van der Waals surface area contributed by atoms with E-state index < -0.39 is 11.8 Å². The Hall–Kier alpha value is -3.05. The summed E-state index contributed by atoms with van der Waals surface area (Å²) in [6.45, 7) is 0. The maximum Gasteiger partial charge on any atom is 0.267 e. The quantitative estimate of drug-likeness (QED) is 0.349. The third-order valence-electron chi connectivity index (χ3n) is 5.12. The smallest absolute Gasteiger partial charge is 0.267 e. The lowest BCUT2D eigenvalue weighted by Gasteiger charge is -2.11. The molecule has 1 aliphatic carbocycles. The van der Waals surface area contributed by atoms with E-state index in [1.165, 1.54) is 17.4 Å². The van der Waals surface area contributed by atoms with E-state index in [1.54, 1.807) is 30.3 Å². The van der Waals surface area contributed by atoms with E-state index in [-0.39, 0.29) is 5.57 Å². The lowest BCUT2D eigenvalue weighted by Crippen LogP contribution is -2.19. The van der Waals surface area contributed by atoms with E-state index in [0.717, 1.165) is 36.1 Å². The molecular weight excluding hydrogens is 469 g/mol. The zero-order valence-corrected chi connectivity index (χ0v) is 19.0. The molecule has 2 heterocycles. The lowest BCUT2D eigenvalue weighted by molar-refractivity contribution is -0.112. The number of nitrogens with zero attached hydrogens (tertiary/aromatic N) is 1. The monoisotopic (exact) mass is 485 g/mol. The van der Waals surface area contributed by atoms with Gasteiger partial charge >= 0.3 is 0 Å². The molecule has 4 rings (SSSR count). The Morgan fingerprint density at radius 2 is 1.97 bits per heavy atom. The first-order valence-electron chi connectivity index (χ1n) is 9.80. The van der Waals surface area contributed by atoms with Gasteiger partial charge in [0.2, 0.25) is 0 Å². The Labute approximate surface area is 198 Å². The maximum atomic E-state index is 12.8. The molecule has 2 amide bonds. The number of fused-ring (bicyclic) bond motifs is 1. The van der Waals surface area contributed by atoms with Gasteiger partial charge in [0.1, 0.15) is 28.2 Å². The summed E-state index contributed by atoms with van der Waals surface area (Å²) in [6, 6.07) is 10.2. The van der Waals surface area contributed by atoms with Gasteiger partial charge in [0.15, 0.2) is 0 Å². The van der Waals surface area contributed by atoms with Crippen LogP contribution >= 0.6 is 34.5 Å². The minimum atomic E-state index is -0.646. The number of benzene rings is 1. The number of nitrogens with one attached hydrogen (secondary N) is 1. The number of halogens is 2. The number of furan rings is 1. The summed E-state index contributed by atoms with van der Waals surface area (Å²) in [5, 5.41) is 13.5. The number of rotatable bonds is 5. The number of amides is 2. The second-order valence-electron chi connectivity index (χ2n) is 7.23. The fraction of sp³-hybridized carbons (Fsp3) is 0.174. The summed E-state index contributed by atoms with van der Waals surface area (Å²) in [4.78, 5) is 25.9. The number of carbonyl (C=O) groups is 2. The standard InChI is InChI=1S/C23H17Cl2N3O3S/c24-13-5-7-17(25)16(10-13)18-8-6-14(31-18)9-12(11-26)22(30)28-23-20(21(27)29)15-3-1-2-4-19(15)32-23/h5-10H,1-4H2,(H2,27,29)(H,28,30). The summed E-state index contributed by atoms with van der Waals surface area (Å²) >= 11 is 13.6. The zero-order valence-electron chi connectivity index (χ0n) is 16.7. The zero-order chi connectivity index (χ0) is 22.8. The van der Waals surface area contributed by atoms with E-state index in [2.05, 4.69) is 5.32 Å². The number of hydrogen-bond donors (Lipinski definition) is 2. The first-order valence-corrected chi connectivity index (χ1v) is 11.4. The third kappa shape index (κ3) is 4.44. The van der Waals surface area contributed by atoms with Gasteiger partial charge in [-0.1, -0.05) is 23.2 Å². The number of carbonyl (C=O) groups excluding carboxylic acids is 2. The SMILES string of the molecule is N#CC(=Cc1ccc(-c2cc(Cl)ccc2Cl)o1)C(=O)Nc1sc2c(c1C(N)=O)CCCC2. The molecule has 0 saturated carbocycles. The Balaban J connectivity index is 1.60. The third-order valence-corrected chi connectivity index (χ3v) is 6.89. The normalized spacial score (nSPS) is 13.3. The molecule has 0 saturated heterocycles. The Bertz CT molecular complexity index is 1300. The summed E-state index contributed by atoms with van der Waals surface area (Å²) in [5.74, 6) is -0.490. The average molecular weight is 486 g/mol. The minimum Gasteiger partial charge on any atom is -0.457 e. The highest BCUT2D eigenvalue weighted by atomic mass is 35.5. The van der Waals surface area contributed by atoms with Gasteiger partial charge in [-0.15, -0.1) is 11.3 Å². The highest BCUT2D eigenvalue weighted by Gasteiger charge is 2.25. The van der Waals surface area contributed by atoms with E-state index in [1.807, 2.05) is 6.07 Å². The summed E-state index contributed by atoms with van der Waals surface area (Å²) < 4.78 is 5.74. The summed E-state index contributed by atoms with van der Waals surface area (Å²) in [7, 11) is 0. The van der Waals surface area contributed by atoms with Crippen molar-refractivity contribution in [2.24, 2.45) is 5.73 Å². The first kappa shape index (κ1) is 22.2. The molecule has 0 atom stereocenters. The molecule has 0 spiro atoms. The van der Waals surface area contributed by atoms with Crippen LogP contribution in [0.25, 0.3) is 17.4 Å². The molecule has 0 aliphatic heterocycles. The van der Waals surface area contributed by atoms with E-state index in [9.17, 15) is 14.9 Å². The van der Waals surface area contributed by atoms with Crippen LogP contribution in [-0.4, -0.2) is 11.8 Å². The van der Waals surface area contributed by atoms with Crippen LogP contribution < -0.4 is 11.1 Å². The van der Waals surface area contributed by atoms with Gasteiger partial charge in [-0.05, 0) is 61.6 Å². The van der Waals surface area contributed by atoms with Crippen LogP contribution in [0.5, 0.6) is 0 Å². The molecule has 0 fully saturated rings. The van der Waals surface area contributed by atoms with Gasteiger partial charge in [0, 0.05) is 21.5 Å². The fourth-order valence-electron chi connectivity index (χ4n) is 3.64. The predicted octanol–water partition coefficient (Wildman–Crippen LogP) is 5.84. The minimum absolute atomic E-state index is 0.176. The molecule has 0 bridgehead atoms. The van der Waals surface area contributed by atoms with Crippen molar-refractivity contribution in [3.8, 4) is 17.4 Å². The van der Waals surface area contributed by atoms with Crippen LogP contribution in [0.1, 0.15) is 39.4 Å². The highest BCUT2D eigenvalue weighted by molar-refractivity contribution is 7.17. The lowest BCUT2D eigenvalue weighted by atomic mass is 9.95. The number of aryl methyl sites for hydroxylation is 1. The predicted molar refractivity (Wildman–Crippen MR) is 126 cm³/mol. The molecule has 1 aliphatic rings. The molecule has 9 heteroatoms. The number of primary amides is 1. The van der Waals surface area contributed by atoms with Crippen molar-refractivity contribution >= 4 is 57.4 Å². The summed E-state index contributed by atoms with van der Waals surface area (Å²) in [5.41, 5.74) is 7.23. The van der Waals surface area contributed by atoms with E-state index in [0.29, 0.717) is 37.7 Å². The van der Waals surface area contributed by atoms with Crippen LogP contribution in [0, 0.1) is 11.3 Å². The van der Waals surface area contributed by atoms with E-state index in [4.69, 9.17) is 33.4 Å². The molecule has 2 aromatic heterocycles. The molecule has 0 radical (unpaired) electrons. The number of thiophene rings is 1. The second kappa shape index (κ2) is 9.21. The number of nitrogens with two attached hydrogens (primary N) is 1. The second-order valence-corrected chi connectivity index (χ2v) is 9.18. The average Bonchev–Trinajstić information content (AvgIpc) is 3.37. The van der Waals surface area contributed by atoms with Crippen molar-refractivity contribution < 1.29 is 14.0 Å². The summed E-state index contributed by atoms with van der Waals surface area (Å²) in [6.07, 6.45) is 4.92. The molecule has 1 aromatic carbocycles. The van der Waals surface area contributed by atoms with Gasteiger partial charge in [-0.3, -0.25) is 9.59 Å². The molecule has 3 aromatic rings. The van der Waals surface area contributed by atoms with Gasteiger partial charge < -0.3 is 15.5 Å². The number of nitriles is 1. The van der Waals surface area contributed by atoms with Crippen molar-refractivity contribution in [1.29, 1.82) is 5.26 Å². The molecule has 162 valence electrons. The van der Waals surface area contributed by atoms with Crippen LogP contribution in [0.2, 0.25) is 10.0 Å². The molecule has 0 unspecified atom stereocenters. The van der Waals surface area contributed by atoms with Crippen molar-refractivity contribution in [1.82, 2.24) is 0 Å². The molecule has 6 nitrogen and oxygen atoms in total. The van der Waals surface area contributed by atoms with Crippen molar-refractivity contribution in [3.05, 3.63) is 67.7 Å². The Morgan fingerprint density at radius 3 is 2.72 bits per heavy atom. The highest BCUT2D eigenvalue weighted by Crippen LogP contribution is 2.38. The van der Waals surface area contributed by atoms with Crippen molar-refractivity contribution in [2.45, 2.75) is 25.7 Å².